The largest absolute Gasteiger partial charge is 0.349 e. The molecular formula is C25H21N3OS. The summed E-state index contributed by atoms with van der Waals surface area (Å²) in [6, 6.07) is 26.2. The molecule has 30 heavy (non-hydrogen) atoms. The lowest BCUT2D eigenvalue weighted by molar-refractivity contribution is 0.809. The summed E-state index contributed by atoms with van der Waals surface area (Å²) < 4.78 is 1.75. The van der Waals surface area contributed by atoms with E-state index in [1.165, 1.54) is 5.56 Å². The van der Waals surface area contributed by atoms with Crippen LogP contribution in [0.1, 0.15) is 23.3 Å². The number of aromatic amines is 1. The Morgan fingerprint density at radius 1 is 0.933 bits per heavy atom. The number of aromatic nitrogens is 3. The molecule has 2 heterocycles. The summed E-state index contributed by atoms with van der Waals surface area (Å²) in [6.45, 7) is 4.17. The van der Waals surface area contributed by atoms with Crippen molar-refractivity contribution in [1.82, 2.24) is 14.5 Å². The van der Waals surface area contributed by atoms with Gasteiger partial charge >= 0.3 is 0 Å². The molecule has 0 bridgehead atoms. The van der Waals surface area contributed by atoms with Crippen LogP contribution in [0.25, 0.3) is 27.6 Å². The minimum atomic E-state index is -0.0757. The third-order valence-corrected chi connectivity index (χ3v) is 6.51. The molecule has 0 fully saturated rings. The van der Waals surface area contributed by atoms with Crippen molar-refractivity contribution < 1.29 is 0 Å². The lowest BCUT2D eigenvalue weighted by Crippen LogP contribution is -2.22. The molecule has 5 aromatic rings. The number of hydrogen-bond donors (Lipinski definition) is 1. The van der Waals surface area contributed by atoms with E-state index >= 15 is 0 Å². The molecule has 5 heteroatoms. The van der Waals surface area contributed by atoms with Gasteiger partial charge in [0.2, 0.25) is 0 Å². The first kappa shape index (κ1) is 18.7. The number of aryl methyl sites for hydroxylation is 1. The number of para-hydroxylation sites is 2. The monoisotopic (exact) mass is 411 g/mol. The Labute approximate surface area is 178 Å². The molecule has 1 atom stereocenters. The highest BCUT2D eigenvalue weighted by atomic mass is 32.2. The maximum atomic E-state index is 13.7. The van der Waals surface area contributed by atoms with Gasteiger partial charge < -0.3 is 4.98 Å². The number of hydrogen-bond acceptors (Lipinski definition) is 3. The molecule has 0 aliphatic heterocycles. The maximum Gasteiger partial charge on any atom is 0.283 e. The Hall–Kier alpha value is -3.31. The molecule has 0 aliphatic carbocycles. The molecule has 0 radical (unpaired) electrons. The topological polar surface area (TPSA) is 50.7 Å². The van der Waals surface area contributed by atoms with E-state index in [1.807, 2.05) is 73.7 Å². The van der Waals surface area contributed by atoms with Gasteiger partial charge in [0.25, 0.3) is 5.56 Å². The van der Waals surface area contributed by atoms with E-state index in [-0.39, 0.29) is 10.8 Å². The van der Waals surface area contributed by atoms with Crippen molar-refractivity contribution in [2.24, 2.45) is 0 Å². The van der Waals surface area contributed by atoms with E-state index in [2.05, 4.69) is 24.0 Å². The van der Waals surface area contributed by atoms with Crippen LogP contribution in [-0.2, 0) is 0 Å². The van der Waals surface area contributed by atoms with Gasteiger partial charge in [0.1, 0.15) is 11.0 Å². The Kier molecular flexibility index (Phi) is 4.68. The van der Waals surface area contributed by atoms with Crippen molar-refractivity contribution in [2.45, 2.75) is 24.3 Å². The second-order valence-electron chi connectivity index (χ2n) is 7.39. The summed E-state index contributed by atoms with van der Waals surface area (Å²) in [7, 11) is 0. The lowest BCUT2D eigenvalue weighted by atomic mass is 10.2. The molecule has 1 N–H and O–H groups in total. The first-order valence-electron chi connectivity index (χ1n) is 9.94. The molecule has 1 unspecified atom stereocenters. The van der Waals surface area contributed by atoms with Crippen LogP contribution >= 0.6 is 11.8 Å². The van der Waals surface area contributed by atoms with Crippen molar-refractivity contribution in [1.29, 1.82) is 0 Å². The quantitative estimate of drug-likeness (QED) is 0.290. The highest BCUT2D eigenvalue weighted by Crippen LogP contribution is 2.35. The fourth-order valence-electron chi connectivity index (χ4n) is 3.80. The smallest absolute Gasteiger partial charge is 0.283 e. The minimum Gasteiger partial charge on any atom is -0.349 e. The average molecular weight is 412 g/mol. The number of fused-ring (bicyclic) bond motifs is 3. The van der Waals surface area contributed by atoms with Gasteiger partial charge in [-0.15, -0.1) is 0 Å². The minimum absolute atomic E-state index is 0.0757. The normalized spacial score (nSPS) is 12.5. The van der Waals surface area contributed by atoms with Crippen molar-refractivity contribution in [3.05, 3.63) is 100 Å². The van der Waals surface area contributed by atoms with Crippen LogP contribution in [-0.4, -0.2) is 14.5 Å². The van der Waals surface area contributed by atoms with Crippen molar-refractivity contribution in [3.63, 3.8) is 0 Å². The van der Waals surface area contributed by atoms with Crippen LogP contribution in [0.4, 0.5) is 0 Å². The zero-order valence-electron chi connectivity index (χ0n) is 16.8. The molecule has 0 spiro atoms. The molecule has 0 saturated heterocycles. The first-order valence-corrected chi connectivity index (χ1v) is 10.8. The van der Waals surface area contributed by atoms with E-state index in [1.54, 1.807) is 16.3 Å². The van der Waals surface area contributed by atoms with Gasteiger partial charge in [-0.05, 0) is 37.1 Å². The van der Waals surface area contributed by atoms with Gasteiger partial charge in [-0.3, -0.25) is 9.36 Å². The molecule has 0 saturated carbocycles. The second kappa shape index (κ2) is 7.50. The van der Waals surface area contributed by atoms with Crippen molar-refractivity contribution in [3.8, 4) is 5.69 Å². The standard InChI is InChI=1S/C25H21N3OS/c1-16-10-6-9-15-21(16)28-24(29)23-22(19-13-7-8-14-20(19)26-23)27-25(28)30-17(2)18-11-4-3-5-12-18/h3-15,17,26H,1-2H3. The molecular weight excluding hydrogens is 390 g/mol. The Balaban J connectivity index is 1.78. The van der Waals surface area contributed by atoms with E-state index in [4.69, 9.17) is 4.98 Å². The van der Waals surface area contributed by atoms with Crippen molar-refractivity contribution >= 4 is 33.7 Å². The summed E-state index contributed by atoms with van der Waals surface area (Å²) >= 11 is 1.61. The molecule has 0 amide bonds. The van der Waals surface area contributed by atoms with Gasteiger partial charge in [-0.2, -0.15) is 0 Å². The fourth-order valence-corrected chi connectivity index (χ4v) is 4.84. The highest BCUT2D eigenvalue weighted by molar-refractivity contribution is 7.99. The van der Waals surface area contributed by atoms with E-state index in [0.717, 1.165) is 27.7 Å². The van der Waals surface area contributed by atoms with Crippen LogP contribution in [0.3, 0.4) is 0 Å². The molecule has 5 rings (SSSR count). The maximum absolute atomic E-state index is 13.7. The van der Waals surface area contributed by atoms with Crippen LogP contribution in [0.5, 0.6) is 0 Å². The number of nitrogens with one attached hydrogen (secondary N) is 1. The summed E-state index contributed by atoms with van der Waals surface area (Å²) in [5.41, 5.74) is 5.20. The zero-order valence-corrected chi connectivity index (χ0v) is 17.6. The molecule has 4 nitrogen and oxygen atoms in total. The summed E-state index contributed by atoms with van der Waals surface area (Å²) in [4.78, 5) is 22.0. The van der Waals surface area contributed by atoms with Crippen LogP contribution in [0, 0.1) is 6.92 Å². The zero-order chi connectivity index (χ0) is 20.7. The molecule has 2 aromatic heterocycles. The van der Waals surface area contributed by atoms with E-state index < -0.39 is 0 Å². The number of nitrogens with zero attached hydrogens (tertiary/aromatic N) is 2. The molecule has 3 aromatic carbocycles. The van der Waals surface area contributed by atoms with E-state index in [9.17, 15) is 4.79 Å². The summed E-state index contributed by atoms with van der Waals surface area (Å²) in [6.07, 6.45) is 0. The number of H-pyrrole nitrogens is 1. The van der Waals surface area contributed by atoms with Crippen molar-refractivity contribution in [2.75, 3.05) is 0 Å². The second-order valence-corrected chi connectivity index (χ2v) is 8.69. The number of rotatable bonds is 4. The predicted molar refractivity (Wildman–Crippen MR) is 125 cm³/mol. The average Bonchev–Trinajstić information content (AvgIpc) is 3.15. The Bertz CT molecular complexity index is 1420. The highest BCUT2D eigenvalue weighted by Gasteiger charge is 2.20. The van der Waals surface area contributed by atoms with E-state index in [0.29, 0.717) is 10.7 Å². The van der Waals surface area contributed by atoms with Gasteiger partial charge in [0.15, 0.2) is 5.16 Å². The first-order chi connectivity index (χ1) is 14.6. The SMILES string of the molecule is Cc1ccccc1-n1c(SC(C)c2ccccc2)nc2c([nH]c3ccccc32)c1=O. The predicted octanol–water partition coefficient (Wildman–Crippen LogP) is 6.03. The number of thioether (sulfide) groups is 1. The Morgan fingerprint density at radius 3 is 2.43 bits per heavy atom. The Morgan fingerprint density at radius 2 is 1.63 bits per heavy atom. The molecule has 148 valence electrons. The fraction of sp³-hybridized carbons (Fsp3) is 0.120. The van der Waals surface area contributed by atoms with Crippen LogP contribution in [0.2, 0.25) is 0 Å². The number of benzene rings is 3. The van der Waals surface area contributed by atoms with Gasteiger partial charge in [0, 0.05) is 16.2 Å². The molecule has 0 aliphatic rings. The van der Waals surface area contributed by atoms with Gasteiger partial charge in [-0.1, -0.05) is 78.5 Å². The van der Waals surface area contributed by atoms with Crippen LogP contribution < -0.4 is 5.56 Å². The summed E-state index contributed by atoms with van der Waals surface area (Å²) in [5.74, 6) is 0. The summed E-state index contributed by atoms with van der Waals surface area (Å²) in [5, 5.41) is 1.81. The van der Waals surface area contributed by atoms with Crippen LogP contribution in [0.15, 0.2) is 88.8 Å². The third-order valence-electron chi connectivity index (χ3n) is 5.40. The lowest BCUT2D eigenvalue weighted by Gasteiger charge is -2.17. The van der Waals surface area contributed by atoms with Gasteiger partial charge in [0.05, 0.1) is 5.69 Å². The van der Waals surface area contributed by atoms with Gasteiger partial charge in [-0.25, -0.2) is 4.98 Å². The third kappa shape index (κ3) is 3.12.